The van der Waals surface area contributed by atoms with Crippen molar-refractivity contribution >= 4 is 15.9 Å². The molecule has 0 fully saturated rings. The third-order valence-electron chi connectivity index (χ3n) is 3.29. The lowest BCUT2D eigenvalue weighted by molar-refractivity contribution is 0.449. The summed E-state index contributed by atoms with van der Waals surface area (Å²) in [5, 5.41) is 3.39. The molecule has 1 aromatic heterocycles. The Balaban J connectivity index is 2.23. The Kier molecular flexibility index (Phi) is 5.37. The van der Waals surface area contributed by atoms with Crippen molar-refractivity contribution in [3.8, 4) is 11.6 Å². The molecule has 0 aliphatic heterocycles. The molecule has 2 aromatic rings. The summed E-state index contributed by atoms with van der Waals surface area (Å²) in [5.74, 6) is 1.47. The van der Waals surface area contributed by atoms with Crippen molar-refractivity contribution in [2.45, 2.75) is 40.3 Å². The first-order chi connectivity index (χ1) is 9.95. The van der Waals surface area contributed by atoms with Crippen molar-refractivity contribution < 1.29 is 4.74 Å². The highest BCUT2D eigenvalue weighted by molar-refractivity contribution is 9.10. The van der Waals surface area contributed by atoms with Crippen LogP contribution in [-0.4, -0.2) is 11.0 Å². The molecule has 3 nitrogen and oxygen atoms in total. The van der Waals surface area contributed by atoms with E-state index in [0.717, 1.165) is 22.3 Å². The zero-order valence-electron chi connectivity index (χ0n) is 12.9. The quantitative estimate of drug-likeness (QED) is 0.846. The maximum atomic E-state index is 5.96. The summed E-state index contributed by atoms with van der Waals surface area (Å²) >= 11 is 3.46. The zero-order valence-corrected chi connectivity index (χ0v) is 14.5. The predicted molar refractivity (Wildman–Crippen MR) is 89.9 cm³/mol. The van der Waals surface area contributed by atoms with Gasteiger partial charge in [-0.3, -0.25) is 0 Å². The average molecular weight is 349 g/mol. The van der Waals surface area contributed by atoms with E-state index in [9.17, 15) is 0 Å². The Morgan fingerprint density at radius 3 is 2.62 bits per heavy atom. The number of hydrogen-bond acceptors (Lipinski definition) is 3. The van der Waals surface area contributed by atoms with E-state index in [1.165, 1.54) is 11.1 Å². The Bertz CT molecular complexity index is 626. The highest BCUT2D eigenvalue weighted by Crippen LogP contribution is 2.27. The van der Waals surface area contributed by atoms with Crippen molar-refractivity contribution in [1.82, 2.24) is 10.3 Å². The van der Waals surface area contributed by atoms with Crippen LogP contribution >= 0.6 is 15.9 Å². The Hall–Kier alpha value is -1.39. The van der Waals surface area contributed by atoms with Crippen molar-refractivity contribution in [3.05, 3.63) is 51.6 Å². The second kappa shape index (κ2) is 7.05. The van der Waals surface area contributed by atoms with Crippen LogP contribution in [0.25, 0.3) is 0 Å². The number of aromatic nitrogens is 1. The van der Waals surface area contributed by atoms with Gasteiger partial charge in [0.05, 0.1) is 0 Å². The summed E-state index contributed by atoms with van der Waals surface area (Å²) in [7, 11) is 0. The van der Waals surface area contributed by atoms with Crippen LogP contribution in [0.2, 0.25) is 0 Å². The summed E-state index contributed by atoms with van der Waals surface area (Å²) in [6.45, 7) is 9.14. The molecule has 0 aliphatic rings. The Morgan fingerprint density at radius 2 is 1.95 bits per heavy atom. The van der Waals surface area contributed by atoms with Gasteiger partial charge in [0.2, 0.25) is 5.88 Å². The van der Waals surface area contributed by atoms with Gasteiger partial charge in [0.15, 0.2) is 0 Å². The summed E-state index contributed by atoms with van der Waals surface area (Å²) in [5.41, 5.74) is 3.51. The average Bonchev–Trinajstić information content (AvgIpc) is 2.43. The van der Waals surface area contributed by atoms with E-state index in [1.54, 1.807) is 6.20 Å². The first-order valence-corrected chi connectivity index (χ1v) is 7.88. The fourth-order valence-electron chi connectivity index (χ4n) is 1.89. The number of halogens is 1. The third-order valence-corrected chi connectivity index (χ3v) is 3.72. The van der Waals surface area contributed by atoms with E-state index < -0.39 is 0 Å². The normalized spacial score (nSPS) is 11.0. The van der Waals surface area contributed by atoms with E-state index >= 15 is 0 Å². The van der Waals surface area contributed by atoms with Gasteiger partial charge in [-0.15, -0.1) is 0 Å². The largest absolute Gasteiger partial charge is 0.439 e. The number of pyridine rings is 1. The van der Waals surface area contributed by atoms with Gasteiger partial charge >= 0.3 is 0 Å². The molecule has 1 aromatic carbocycles. The molecule has 0 aliphatic carbocycles. The van der Waals surface area contributed by atoms with E-state index in [4.69, 9.17) is 4.74 Å². The van der Waals surface area contributed by atoms with Crippen LogP contribution in [-0.2, 0) is 6.54 Å². The smallest absolute Gasteiger partial charge is 0.223 e. The van der Waals surface area contributed by atoms with Gasteiger partial charge < -0.3 is 10.1 Å². The number of nitrogens with zero attached hydrogens (tertiary/aromatic N) is 1. The fourth-order valence-corrected chi connectivity index (χ4v) is 2.27. The van der Waals surface area contributed by atoms with Crippen LogP contribution < -0.4 is 10.1 Å². The van der Waals surface area contributed by atoms with E-state index in [0.29, 0.717) is 11.9 Å². The standard InChI is InChI=1S/C17H21BrN2O/c1-11(2)19-9-14-8-15(18)10-20-17(14)21-16-6-5-12(3)13(4)7-16/h5-8,10-11,19H,9H2,1-4H3. The molecule has 1 N–H and O–H groups in total. The van der Waals surface area contributed by atoms with E-state index in [1.807, 2.05) is 18.2 Å². The van der Waals surface area contributed by atoms with Gasteiger partial charge in [0, 0.05) is 28.8 Å². The topological polar surface area (TPSA) is 34.1 Å². The molecular weight excluding hydrogens is 328 g/mol. The highest BCUT2D eigenvalue weighted by atomic mass is 79.9. The van der Waals surface area contributed by atoms with Crippen molar-refractivity contribution in [3.63, 3.8) is 0 Å². The molecule has 0 bridgehead atoms. The van der Waals surface area contributed by atoms with Gasteiger partial charge in [0.25, 0.3) is 0 Å². The van der Waals surface area contributed by atoms with Crippen LogP contribution in [0.5, 0.6) is 11.6 Å². The van der Waals surface area contributed by atoms with Crippen molar-refractivity contribution in [2.24, 2.45) is 0 Å². The molecule has 0 saturated heterocycles. The molecule has 0 saturated carbocycles. The minimum atomic E-state index is 0.415. The van der Waals surface area contributed by atoms with E-state index in [2.05, 4.69) is 60.0 Å². The summed E-state index contributed by atoms with van der Waals surface area (Å²) < 4.78 is 6.91. The highest BCUT2D eigenvalue weighted by Gasteiger charge is 2.09. The molecule has 4 heteroatoms. The molecule has 1 heterocycles. The predicted octanol–water partition coefficient (Wildman–Crippen LogP) is 4.75. The molecule has 0 unspecified atom stereocenters. The molecule has 2 rings (SSSR count). The molecule has 21 heavy (non-hydrogen) atoms. The molecule has 0 atom stereocenters. The second-order valence-corrected chi connectivity index (χ2v) is 6.42. The van der Waals surface area contributed by atoms with Crippen LogP contribution in [0.3, 0.4) is 0 Å². The van der Waals surface area contributed by atoms with Crippen molar-refractivity contribution in [2.75, 3.05) is 0 Å². The summed E-state index contributed by atoms with van der Waals surface area (Å²) in [6.07, 6.45) is 1.76. The Morgan fingerprint density at radius 1 is 1.19 bits per heavy atom. The van der Waals surface area contributed by atoms with Gasteiger partial charge in [0.1, 0.15) is 5.75 Å². The number of hydrogen-bond donors (Lipinski definition) is 1. The molecule has 0 amide bonds. The third kappa shape index (κ3) is 4.55. The fraction of sp³-hybridized carbons (Fsp3) is 0.353. The first-order valence-electron chi connectivity index (χ1n) is 7.08. The SMILES string of the molecule is Cc1ccc(Oc2ncc(Br)cc2CNC(C)C)cc1C. The van der Waals surface area contributed by atoms with Crippen LogP contribution in [0.15, 0.2) is 34.9 Å². The molecule has 0 spiro atoms. The number of ether oxygens (including phenoxy) is 1. The number of nitrogens with one attached hydrogen (secondary N) is 1. The molecular formula is C17H21BrN2O. The van der Waals surface area contributed by atoms with Crippen LogP contribution in [0.4, 0.5) is 0 Å². The van der Waals surface area contributed by atoms with Gasteiger partial charge in [-0.2, -0.15) is 0 Å². The maximum Gasteiger partial charge on any atom is 0.223 e. The minimum Gasteiger partial charge on any atom is -0.439 e. The lowest BCUT2D eigenvalue weighted by atomic mass is 10.1. The van der Waals surface area contributed by atoms with Gasteiger partial charge in [-0.25, -0.2) is 4.98 Å². The number of benzene rings is 1. The van der Waals surface area contributed by atoms with Crippen LogP contribution in [0.1, 0.15) is 30.5 Å². The maximum absolute atomic E-state index is 5.96. The Labute approximate surface area is 134 Å². The number of rotatable bonds is 5. The zero-order chi connectivity index (χ0) is 15.4. The van der Waals surface area contributed by atoms with E-state index in [-0.39, 0.29) is 0 Å². The monoisotopic (exact) mass is 348 g/mol. The van der Waals surface area contributed by atoms with Gasteiger partial charge in [-0.1, -0.05) is 19.9 Å². The lowest BCUT2D eigenvalue weighted by Gasteiger charge is -2.13. The molecule has 0 radical (unpaired) electrons. The lowest BCUT2D eigenvalue weighted by Crippen LogP contribution is -2.22. The van der Waals surface area contributed by atoms with Crippen molar-refractivity contribution in [1.29, 1.82) is 0 Å². The van der Waals surface area contributed by atoms with Gasteiger partial charge in [-0.05, 0) is 59.1 Å². The summed E-state index contributed by atoms with van der Waals surface area (Å²) in [6, 6.07) is 8.54. The number of aryl methyl sites for hydroxylation is 2. The summed E-state index contributed by atoms with van der Waals surface area (Å²) in [4.78, 5) is 4.39. The molecule has 112 valence electrons. The second-order valence-electron chi connectivity index (χ2n) is 5.50. The minimum absolute atomic E-state index is 0.415. The van der Waals surface area contributed by atoms with Crippen LogP contribution in [0, 0.1) is 13.8 Å². The first kappa shape index (κ1) is 16.0.